The van der Waals surface area contributed by atoms with E-state index in [0.29, 0.717) is 28.5 Å². The average molecular weight is 510 g/mol. The molecule has 35 heavy (non-hydrogen) atoms. The molecule has 1 aromatic heterocycles. The number of ether oxygens (including phenoxy) is 1. The van der Waals surface area contributed by atoms with Gasteiger partial charge in [0.15, 0.2) is 5.82 Å². The van der Waals surface area contributed by atoms with E-state index in [1.54, 1.807) is 16.8 Å². The molecule has 5 N–H and O–H groups in total. The van der Waals surface area contributed by atoms with Crippen LogP contribution in [0.15, 0.2) is 30.3 Å². The van der Waals surface area contributed by atoms with Crippen LogP contribution in [0.1, 0.15) is 35.8 Å². The number of anilines is 3. The molecule has 186 valence electrons. The van der Waals surface area contributed by atoms with E-state index in [2.05, 4.69) is 15.4 Å². The molecule has 0 unspecified atom stereocenters. The Balaban J connectivity index is 1.96. The molecule has 1 heterocycles. The van der Waals surface area contributed by atoms with Crippen molar-refractivity contribution in [3.8, 4) is 17.1 Å². The third-order valence-corrected chi connectivity index (χ3v) is 5.29. The van der Waals surface area contributed by atoms with Crippen molar-refractivity contribution in [2.45, 2.75) is 26.1 Å². The lowest BCUT2D eigenvalue weighted by Crippen LogP contribution is -2.33. The zero-order valence-electron chi connectivity index (χ0n) is 19.0. The molecule has 0 aliphatic rings. The summed E-state index contributed by atoms with van der Waals surface area (Å²) in [7, 11) is 1.30. The van der Waals surface area contributed by atoms with E-state index in [1.165, 1.54) is 25.3 Å². The largest absolute Gasteiger partial charge is 0.496 e. The first-order chi connectivity index (χ1) is 16.4. The molecule has 0 aliphatic carbocycles. The van der Waals surface area contributed by atoms with Gasteiger partial charge in [0.05, 0.1) is 29.4 Å². The van der Waals surface area contributed by atoms with E-state index < -0.39 is 18.6 Å². The van der Waals surface area contributed by atoms with Crippen molar-refractivity contribution in [3.63, 3.8) is 0 Å². The molecular formula is C22H23ClF3N7O2. The summed E-state index contributed by atoms with van der Waals surface area (Å²) in [5, 5.41) is 17.2. The molecule has 13 heteroatoms. The van der Waals surface area contributed by atoms with Gasteiger partial charge in [-0.3, -0.25) is 4.79 Å². The van der Waals surface area contributed by atoms with Gasteiger partial charge in [-0.05, 0) is 38.1 Å². The van der Waals surface area contributed by atoms with Crippen LogP contribution in [0.3, 0.4) is 0 Å². The maximum absolute atomic E-state index is 12.5. The van der Waals surface area contributed by atoms with Crippen LogP contribution in [0.2, 0.25) is 5.02 Å². The van der Waals surface area contributed by atoms with Crippen LogP contribution >= 0.6 is 11.6 Å². The number of carbonyl (C=O) groups is 1. The van der Waals surface area contributed by atoms with Crippen molar-refractivity contribution in [1.29, 1.82) is 5.41 Å². The number of aromatic nitrogens is 3. The molecule has 0 atom stereocenters. The van der Waals surface area contributed by atoms with E-state index in [0.717, 1.165) is 6.21 Å². The van der Waals surface area contributed by atoms with Crippen molar-refractivity contribution in [2.24, 2.45) is 0 Å². The fraction of sp³-hybridized carbons (Fsp3) is 0.273. The minimum absolute atomic E-state index is 0.0602. The Morgan fingerprint density at radius 3 is 2.63 bits per heavy atom. The van der Waals surface area contributed by atoms with Crippen molar-refractivity contribution < 1.29 is 22.7 Å². The molecule has 9 nitrogen and oxygen atoms in total. The fourth-order valence-corrected chi connectivity index (χ4v) is 3.43. The summed E-state index contributed by atoms with van der Waals surface area (Å²) in [6.45, 7) is 2.33. The lowest BCUT2D eigenvalue weighted by molar-refractivity contribution is -0.123. The Hall–Kier alpha value is -3.80. The second-order valence-electron chi connectivity index (χ2n) is 7.71. The highest BCUT2D eigenvalue weighted by atomic mass is 35.5. The summed E-state index contributed by atoms with van der Waals surface area (Å²) in [6, 6.07) is 7.48. The van der Waals surface area contributed by atoms with Gasteiger partial charge in [0.25, 0.3) is 5.91 Å². The Kier molecular flexibility index (Phi) is 7.54. The number of nitrogen functional groups attached to an aromatic ring is 1. The Morgan fingerprint density at radius 2 is 2.03 bits per heavy atom. The number of carbonyl (C=O) groups excluding carboxylic acids is 1. The molecule has 0 fully saturated rings. The number of nitrogens with two attached hydrogens (primary N) is 1. The highest BCUT2D eigenvalue weighted by Crippen LogP contribution is 2.33. The SMILES string of the molecule is COc1cc(-c2nc(Nc3ccc(N)c(C=N)c3Cl)n(C(C)C)n2)ccc1C(=O)NCC(F)(F)F. The Morgan fingerprint density at radius 1 is 1.31 bits per heavy atom. The Labute approximate surface area is 203 Å². The van der Waals surface area contributed by atoms with Gasteiger partial charge in [-0.2, -0.15) is 18.2 Å². The first-order valence-corrected chi connectivity index (χ1v) is 10.7. The summed E-state index contributed by atoms with van der Waals surface area (Å²) in [4.78, 5) is 16.7. The van der Waals surface area contributed by atoms with Crippen molar-refractivity contribution in [1.82, 2.24) is 20.1 Å². The topological polar surface area (TPSA) is 131 Å². The summed E-state index contributed by atoms with van der Waals surface area (Å²) < 4.78 is 44.2. The minimum Gasteiger partial charge on any atom is -0.496 e. The maximum Gasteiger partial charge on any atom is 0.405 e. The molecule has 2 aromatic carbocycles. The van der Waals surface area contributed by atoms with Gasteiger partial charge in [0.2, 0.25) is 5.95 Å². The zero-order chi connectivity index (χ0) is 25.9. The van der Waals surface area contributed by atoms with Crippen LogP contribution in [-0.4, -0.2) is 46.7 Å². The highest BCUT2D eigenvalue weighted by molar-refractivity contribution is 6.36. The highest BCUT2D eigenvalue weighted by Gasteiger charge is 2.28. The number of amides is 1. The van der Waals surface area contributed by atoms with Crippen LogP contribution in [0.4, 0.5) is 30.5 Å². The molecule has 0 aliphatic heterocycles. The molecule has 0 radical (unpaired) electrons. The monoisotopic (exact) mass is 509 g/mol. The number of nitrogens with one attached hydrogen (secondary N) is 3. The van der Waals surface area contributed by atoms with Gasteiger partial charge < -0.3 is 26.5 Å². The van der Waals surface area contributed by atoms with E-state index in [-0.39, 0.29) is 28.2 Å². The molecule has 3 aromatic rings. The van der Waals surface area contributed by atoms with Gasteiger partial charge in [0.1, 0.15) is 12.3 Å². The van der Waals surface area contributed by atoms with E-state index >= 15 is 0 Å². The van der Waals surface area contributed by atoms with Crippen molar-refractivity contribution >= 4 is 41.0 Å². The number of hydrogen-bond acceptors (Lipinski definition) is 7. The number of methoxy groups -OCH3 is 1. The number of halogens is 4. The smallest absolute Gasteiger partial charge is 0.405 e. The number of nitrogens with zero attached hydrogens (tertiary/aromatic N) is 3. The summed E-state index contributed by atoms with van der Waals surface area (Å²) >= 11 is 6.38. The zero-order valence-corrected chi connectivity index (χ0v) is 19.8. The van der Waals surface area contributed by atoms with Crippen molar-refractivity contribution in [3.05, 3.63) is 46.5 Å². The minimum atomic E-state index is -4.54. The van der Waals surface area contributed by atoms with E-state index in [4.69, 9.17) is 27.5 Å². The maximum atomic E-state index is 12.5. The van der Waals surface area contributed by atoms with Crippen LogP contribution in [0.5, 0.6) is 5.75 Å². The third-order valence-electron chi connectivity index (χ3n) is 4.88. The predicted octanol–water partition coefficient (Wildman–Crippen LogP) is 4.80. The molecule has 1 amide bonds. The van der Waals surface area contributed by atoms with E-state index in [9.17, 15) is 18.0 Å². The summed E-state index contributed by atoms with van der Waals surface area (Å²) in [5.74, 6) is -0.229. The second kappa shape index (κ2) is 10.2. The number of benzene rings is 2. The van der Waals surface area contributed by atoms with Gasteiger partial charge in [-0.1, -0.05) is 17.7 Å². The molecule has 3 rings (SSSR count). The standard InChI is InChI=1S/C22H23ClF3N7O2/c1-11(2)33-21(30-16-7-6-15(28)14(9-27)18(16)23)31-19(32-33)12-4-5-13(17(8-12)35-3)20(34)29-10-22(24,25)26/h4-9,11,27H,10,28H2,1-3H3,(H,29,34)(H,30,31,32). The van der Waals surface area contributed by atoms with Crippen LogP contribution < -0.4 is 21.1 Å². The molecule has 0 spiro atoms. The molecule has 0 saturated carbocycles. The average Bonchev–Trinajstić information content (AvgIpc) is 3.23. The van der Waals surface area contributed by atoms with Crippen LogP contribution in [0.25, 0.3) is 11.4 Å². The quantitative estimate of drug-likeness (QED) is 0.255. The van der Waals surface area contributed by atoms with Crippen LogP contribution in [0, 0.1) is 5.41 Å². The lowest BCUT2D eigenvalue weighted by atomic mass is 10.1. The first kappa shape index (κ1) is 25.8. The summed E-state index contributed by atoms with van der Waals surface area (Å²) in [6.07, 6.45) is -3.48. The van der Waals surface area contributed by atoms with Crippen LogP contribution in [-0.2, 0) is 0 Å². The normalized spacial score (nSPS) is 11.4. The van der Waals surface area contributed by atoms with Gasteiger partial charge >= 0.3 is 6.18 Å². The van der Waals surface area contributed by atoms with Gasteiger partial charge in [0, 0.05) is 23.0 Å². The third kappa shape index (κ3) is 5.83. The van der Waals surface area contributed by atoms with Gasteiger partial charge in [-0.25, -0.2) is 4.68 Å². The number of alkyl halides is 3. The molecule has 0 saturated heterocycles. The lowest BCUT2D eigenvalue weighted by Gasteiger charge is -2.13. The summed E-state index contributed by atoms with van der Waals surface area (Å²) in [5.41, 5.74) is 7.45. The van der Waals surface area contributed by atoms with E-state index in [1.807, 2.05) is 19.2 Å². The van der Waals surface area contributed by atoms with Gasteiger partial charge in [-0.15, -0.1) is 5.10 Å². The predicted molar refractivity (Wildman–Crippen MR) is 128 cm³/mol. The number of hydrogen-bond donors (Lipinski definition) is 4. The first-order valence-electron chi connectivity index (χ1n) is 10.3. The molecular weight excluding hydrogens is 487 g/mol. The second-order valence-corrected chi connectivity index (χ2v) is 8.09. The fourth-order valence-electron chi connectivity index (χ4n) is 3.16. The molecule has 0 bridgehead atoms. The van der Waals surface area contributed by atoms with Crippen molar-refractivity contribution in [2.75, 3.05) is 24.7 Å². The Bertz CT molecular complexity index is 1260. The number of rotatable bonds is 8.